The van der Waals surface area contributed by atoms with Crippen LogP contribution in [0.5, 0.6) is 0 Å². The molecule has 2 rings (SSSR count). The maximum Gasteiger partial charge on any atom is 0.0650 e. The zero-order valence-corrected chi connectivity index (χ0v) is 12.4. The lowest BCUT2D eigenvalue weighted by Gasteiger charge is -2.07. The molecule has 0 saturated carbocycles. The fraction of sp³-hybridized carbons (Fsp3) is 0.471. The van der Waals surface area contributed by atoms with Crippen LogP contribution in [-0.2, 0) is 0 Å². The molecule has 2 N–H and O–H groups in total. The van der Waals surface area contributed by atoms with E-state index >= 15 is 0 Å². The molecule has 0 aliphatic rings. The molecular formula is C17H25N3. The molecule has 0 atom stereocenters. The van der Waals surface area contributed by atoms with Gasteiger partial charge >= 0.3 is 0 Å². The third-order valence-corrected chi connectivity index (χ3v) is 3.53. The maximum absolute atomic E-state index is 3.99. The Bertz CT molecular complexity index is 477. The van der Waals surface area contributed by atoms with Crippen molar-refractivity contribution < 1.29 is 0 Å². The molecule has 1 heterocycles. The van der Waals surface area contributed by atoms with Crippen LogP contribution in [0.4, 0.5) is 5.69 Å². The molecule has 3 nitrogen and oxygen atoms in total. The van der Waals surface area contributed by atoms with Crippen LogP contribution in [0.25, 0.3) is 11.3 Å². The van der Waals surface area contributed by atoms with Gasteiger partial charge in [0.05, 0.1) is 5.69 Å². The highest BCUT2D eigenvalue weighted by molar-refractivity contribution is 5.64. The van der Waals surface area contributed by atoms with Gasteiger partial charge in [0.1, 0.15) is 0 Å². The van der Waals surface area contributed by atoms with E-state index in [9.17, 15) is 0 Å². The highest BCUT2D eigenvalue weighted by atomic mass is 15.1. The van der Waals surface area contributed by atoms with E-state index in [1.165, 1.54) is 49.8 Å². The lowest BCUT2D eigenvalue weighted by Crippen LogP contribution is -2.01. The molecular weight excluding hydrogens is 246 g/mol. The predicted octanol–water partition coefficient (Wildman–Crippen LogP) is 4.85. The van der Waals surface area contributed by atoms with Crippen LogP contribution < -0.4 is 5.32 Å². The number of aromatic nitrogens is 2. The lowest BCUT2D eigenvalue weighted by molar-refractivity contribution is 0.617. The summed E-state index contributed by atoms with van der Waals surface area (Å²) in [6, 6.07) is 10.5. The Balaban J connectivity index is 1.72. The molecule has 0 aliphatic heterocycles. The van der Waals surface area contributed by atoms with Crippen molar-refractivity contribution in [1.29, 1.82) is 0 Å². The maximum atomic E-state index is 3.99. The molecule has 1 aromatic heterocycles. The number of nitrogens with zero attached hydrogens (tertiary/aromatic N) is 1. The summed E-state index contributed by atoms with van der Waals surface area (Å²) < 4.78 is 0. The summed E-state index contributed by atoms with van der Waals surface area (Å²) in [5, 5.41) is 10.5. The lowest BCUT2D eigenvalue weighted by atomic mass is 10.1. The van der Waals surface area contributed by atoms with Gasteiger partial charge in [0, 0.05) is 24.0 Å². The van der Waals surface area contributed by atoms with Gasteiger partial charge in [0.2, 0.25) is 0 Å². The molecule has 1 aromatic carbocycles. The summed E-state index contributed by atoms with van der Waals surface area (Å²) in [4.78, 5) is 0. The first-order valence-electron chi connectivity index (χ1n) is 7.74. The molecule has 2 aromatic rings. The zero-order chi connectivity index (χ0) is 14.0. The third kappa shape index (κ3) is 4.72. The Morgan fingerprint density at radius 2 is 1.90 bits per heavy atom. The fourth-order valence-electron chi connectivity index (χ4n) is 2.35. The van der Waals surface area contributed by atoms with Crippen LogP contribution in [-0.4, -0.2) is 16.7 Å². The minimum absolute atomic E-state index is 1.05. The zero-order valence-electron chi connectivity index (χ0n) is 12.4. The van der Waals surface area contributed by atoms with Gasteiger partial charge in [-0.2, -0.15) is 5.10 Å². The molecule has 20 heavy (non-hydrogen) atoms. The number of unbranched alkanes of at least 4 members (excludes halogenated alkanes) is 5. The first kappa shape index (κ1) is 14.6. The van der Waals surface area contributed by atoms with Crippen LogP contribution in [0.3, 0.4) is 0 Å². The van der Waals surface area contributed by atoms with Gasteiger partial charge in [-0.05, 0) is 24.6 Å². The van der Waals surface area contributed by atoms with Crippen molar-refractivity contribution >= 4 is 5.69 Å². The van der Waals surface area contributed by atoms with Gasteiger partial charge < -0.3 is 5.32 Å². The number of anilines is 1. The molecule has 3 heteroatoms. The summed E-state index contributed by atoms with van der Waals surface area (Å²) >= 11 is 0. The summed E-state index contributed by atoms with van der Waals surface area (Å²) in [5.41, 5.74) is 3.43. The van der Waals surface area contributed by atoms with Crippen LogP contribution in [0.1, 0.15) is 45.4 Å². The number of benzene rings is 1. The summed E-state index contributed by atoms with van der Waals surface area (Å²) in [7, 11) is 0. The summed E-state index contributed by atoms with van der Waals surface area (Å²) in [6.07, 6.45) is 9.80. The largest absolute Gasteiger partial charge is 0.385 e. The second-order valence-corrected chi connectivity index (χ2v) is 5.25. The van der Waals surface area contributed by atoms with E-state index in [0.29, 0.717) is 0 Å². The quantitative estimate of drug-likeness (QED) is 0.640. The van der Waals surface area contributed by atoms with Gasteiger partial charge in [0.15, 0.2) is 0 Å². The number of hydrogen-bond donors (Lipinski definition) is 2. The molecule has 0 saturated heterocycles. The monoisotopic (exact) mass is 271 g/mol. The summed E-state index contributed by atoms with van der Waals surface area (Å²) in [6.45, 7) is 3.31. The standard InChI is InChI=1S/C17H25N3/c1-2-3-4-5-6-7-12-18-16-10-8-9-15(14-16)17-11-13-19-20-17/h8-11,13-14,18H,2-7,12H2,1H3,(H,19,20). The Morgan fingerprint density at radius 3 is 2.70 bits per heavy atom. The first-order valence-corrected chi connectivity index (χ1v) is 7.74. The van der Waals surface area contributed by atoms with Crippen molar-refractivity contribution in [3.63, 3.8) is 0 Å². The molecule has 0 spiro atoms. The van der Waals surface area contributed by atoms with Gasteiger partial charge in [-0.1, -0.05) is 51.2 Å². The molecule has 0 fully saturated rings. The van der Waals surface area contributed by atoms with Crippen molar-refractivity contribution in [2.75, 3.05) is 11.9 Å². The van der Waals surface area contributed by atoms with E-state index < -0.39 is 0 Å². The average molecular weight is 271 g/mol. The van der Waals surface area contributed by atoms with Crippen LogP contribution in [0, 0.1) is 0 Å². The van der Waals surface area contributed by atoms with E-state index in [-0.39, 0.29) is 0 Å². The van der Waals surface area contributed by atoms with Gasteiger partial charge in [-0.3, -0.25) is 5.10 Å². The smallest absolute Gasteiger partial charge is 0.0650 e. The molecule has 0 bridgehead atoms. The number of aromatic amines is 1. The van der Waals surface area contributed by atoms with Crippen LogP contribution >= 0.6 is 0 Å². The van der Waals surface area contributed by atoms with Crippen molar-refractivity contribution in [3.8, 4) is 11.3 Å². The van der Waals surface area contributed by atoms with Crippen molar-refractivity contribution in [1.82, 2.24) is 10.2 Å². The molecule has 108 valence electrons. The Kier molecular flexibility index (Phi) is 6.15. The Labute approximate surface area is 121 Å². The van der Waals surface area contributed by atoms with E-state index in [0.717, 1.165) is 12.2 Å². The van der Waals surface area contributed by atoms with E-state index in [4.69, 9.17) is 0 Å². The normalized spacial score (nSPS) is 10.7. The summed E-state index contributed by atoms with van der Waals surface area (Å²) in [5.74, 6) is 0. The van der Waals surface area contributed by atoms with Crippen LogP contribution in [0.15, 0.2) is 36.5 Å². The van der Waals surface area contributed by atoms with Gasteiger partial charge in [-0.25, -0.2) is 0 Å². The third-order valence-electron chi connectivity index (χ3n) is 3.53. The SMILES string of the molecule is CCCCCCCCNc1cccc(-c2ccn[nH]2)c1. The van der Waals surface area contributed by atoms with Gasteiger partial charge in [-0.15, -0.1) is 0 Å². The second-order valence-electron chi connectivity index (χ2n) is 5.25. The molecule has 0 unspecified atom stereocenters. The number of nitrogens with one attached hydrogen (secondary N) is 2. The Hall–Kier alpha value is -1.77. The van der Waals surface area contributed by atoms with Crippen molar-refractivity contribution in [3.05, 3.63) is 36.5 Å². The number of H-pyrrole nitrogens is 1. The Morgan fingerprint density at radius 1 is 1.05 bits per heavy atom. The number of hydrogen-bond acceptors (Lipinski definition) is 2. The topological polar surface area (TPSA) is 40.7 Å². The van der Waals surface area contributed by atoms with Crippen molar-refractivity contribution in [2.24, 2.45) is 0 Å². The minimum Gasteiger partial charge on any atom is -0.385 e. The molecule has 0 radical (unpaired) electrons. The average Bonchev–Trinajstić information content (AvgIpc) is 3.01. The predicted molar refractivity (Wildman–Crippen MR) is 85.9 cm³/mol. The van der Waals surface area contributed by atoms with E-state index in [1.807, 2.05) is 6.07 Å². The fourth-order valence-corrected chi connectivity index (χ4v) is 2.35. The number of rotatable bonds is 9. The first-order chi connectivity index (χ1) is 9.90. The van der Waals surface area contributed by atoms with E-state index in [1.54, 1.807) is 6.20 Å². The highest BCUT2D eigenvalue weighted by Gasteiger charge is 1.99. The van der Waals surface area contributed by atoms with Gasteiger partial charge in [0.25, 0.3) is 0 Å². The van der Waals surface area contributed by atoms with Crippen LogP contribution in [0.2, 0.25) is 0 Å². The molecule has 0 aliphatic carbocycles. The van der Waals surface area contributed by atoms with Crippen molar-refractivity contribution in [2.45, 2.75) is 45.4 Å². The van der Waals surface area contributed by atoms with E-state index in [2.05, 4.69) is 46.7 Å². The second kappa shape index (κ2) is 8.41. The highest BCUT2D eigenvalue weighted by Crippen LogP contribution is 2.20. The minimum atomic E-state index is 1.05. The molecule has 0 amide bonds.